The number of carbonyl (C=O) groups is 1. The molecule has 1 amide bonds. The van der Waals surface area contributed by atoms with Crippen molar-refractivity contribution < 1.29 is 9.53 Å². The zero-order valence-electron chi connectivity index (χ0n) is 12.6. The Morgan fingerprint density at radius 3 is 2.27 bits per heavy atom. The highest BCUT2D eigenvalue weighted by molar-refractivity contribution is 5.91. The molecule has 114 valence electrons. The zero-order valence-corrected chi connectivity index (χ0v) is 12.6. The van der Waals surface area contributed by atoms with Gasteiger partial charge in [-0.2, -0.15) is 0 Å². The van der Waals surface area contributed by atoms with Crippen LogP contribution >= 0.6 is 0 Å². The lowest BCUT2D eigenvalue weighted by atomic mass is 9.95. The Balaban J connectivity index is 1.42. The van der Waals surface area contributed by atoms with E-state index < -0.39 is 0 Å². The molecule has 0 aliphatic heterocycles. The summed E-state index contributed by atoms with van der Waals surface area (Å²) in [6, 6.07) is 19.8. The normalized spacial score (nSPS) is 15.1. The fourth-order valence-corrected chi connectivity index (χ4v) is 2.68. The number of hydrogen-bond donors (Lipinski definition) is 1. The molecule has 0 bridgehead atoms. The third-order valence-corrected chi connectivity index (χ3v) is 4.13. The van der Waals surface area contributed by atoms with Crippen LogP contribution in [-0.2, 0) is 10.2 Å². The van der Waals surface area contributed by atoms with Crippen molar-refractivity contribution in [3.8, 4) is 5.75 Å². The first-order valence-corrected chi connectivity index (χ1v) is 7.83. The second kappa shape index (κ2) is 6.65. The molecule has 1 saturated carbocycles. The number of benzene rings is 2. The molecule has 1 N–H and O–H groups in total. The van der Waals surface area contributed by atoms with E-state index in [2.05, 4.69) is 5.32 Å². The fraction of sp³-hybridized carbons (Fsp3) is 0.316. The van der Waals surface area contributed by atoms with Gasteiger partial charge in [0.2, 0.25) is 5.91 Å². The van der Waals surface area contributed by atoms with E-state index in [4.69, 9.17) is 4.74 Å². The number of hydrogen-bond acceptors (Lipinski definition) is 2. The lowest BCUT2D eigenvalue weighted by Gasteiger charge is -2.15. The van der Waals surface area contributed by atoms with Crippen LogP contribution in [-0.4, -0.2) is 19.1 Å². The number of para-hydroxylation sites is 1. The summed E-state index contributed by atoms with van der Waals surface area (Å²) >= 11 is 0. The van der Waals surface area contributed by atoms with E-state index >= 15 is 0 Å². The monoisotopic (exact) mass is 295 g/mol. The molecule has 0 heterocycles. The Morgan fingerprint density at radius 2 is 1.64 bits per heavy atom. The first kappa shape index (κ1) is 14.6. The molecular weight excluding hydrogens is 274 g/mol. The van der Waals surface area contributed by atoms with Crippen LogP contribution in [0.3, 0.4) is 0 Å². The van der Waals surface area contributed by atoms with Crippen LogP contribution in [0, 0.1) is 0 Å². The van der Waals surface area contributed by atoms with Crippen molar-refractivity contribution in [2.75, 3.05) is 13.2 Å². The second-order valence-electron chi connectivity index (χ2n) is 5.72. The molecule has 1 aliphatic carbocycles. The number of amides is 1. The van der Waals surface area contributed by atoms with Crippen molar-refractivity contribution in [3.63, 3.8) is 0 Å². The van der Waals surface area contributed by atoms with Crippen LogP contribution in [0.25, 0.3) is 0 Å². The summed E-state index contributed by atoms with van der Waals surface area (Å²) in [5.74, 6) is 1.02. The van der Waals surface area contributed by atoms with Gasteiger partial charge in [0, 0.05) is 6.54 Å². The maximum atomic E-state index is 12.4. The molecule has 0 aromatic heterocycles. The van der Waals surface area contributed by atoms with Gasteiger partial charge in [0.05, 0.1) is 12.0 Å². The summed E-state index contributed by atoms with van der Waals surface area (Å²) in [7, 11) is 0. The highest BCUT2D eigenvalue weighted by Crippen LogP contribution is 2.48. The summed E-state index contributed by atoms with van der Waals surface area (Å²) in [5.41, 5.74) is 0.856. The summed E-state index contributed by atoms with van der Waals surface area (Å²) in [5, 5.41) is 3.05. The minimum atomic E-state index is -0.276. The minimum Gasteiger partial charge on any atom is -0.494 e. The second-order valence-corrected chi connectivity index (χ2v) is 5.72. The van der Waals surface area contributed by atoms with E-state index in [9.17, 15) is 4.79 Å². The van der Waals surface area contributed by atoms with Crippen LogP contribution < -0.4 is 10.1 Å². The van der Waals surface area contributed by atoms with Gasteiger partial charge in [-0.15, -0.1) is 0 Å². The van der Waals surface area contributed by atoms with E-state index in [-0.39, 0.29) is 11.3 Å². The molecule has 0 unspecified atom stereocenters. The van der Waals surface area contributed by atoms with E-state index in [0.29, 0.717) is 13.2 Å². The van der Waals surface area contributed by atoms with Gasteiger partial charge in [0.25, 0.3) is 0 Å². The summed E-state index contributed by atoms with van der Waals surface area (Å²) < 4.78 is 5.62. The van der Waals surface area contributed by atoms with Gasteiger partial charge < -0.3 is 10.1 Å². The van der Waals surface area contributed by atoms with Crippen molar-refractivity contribution in [1.29, 1.82) is 0 Å². The molecule has 2 aromatic carbocycles. The van der Waals surface area contributed by atoms with Crippen LogP contribution in [0.5, 0.6) is 5.75 Å². The number of rotatable bonds is 7. The van der Waals surface area contributed by atoms with Crippen molar-refractivity contribution >= 4 is 5.91 Å². The smallest absolute Gasteiger partial charge is 0.230 e. The highest BCUT2D eigenvalue weighted by Gasteiger charge is 2.50. The third-order valence-electron chi connectivity index (χ3n) is 4.13. The Kier molecular flexibility index (Phi) is 4.42. The number of nitrogens with one attached hydrogen (secondary N) is 1. The maximum Gasteiger partial charge on any atom is 0.230 e. The Labute approximate surface area is 131 Å². The first-order chi connectivity index (χ1) is 10.8. The molecule has 0 spiro atoms. The molecule has 2 aromatic rings. The van der Waals surface area contributed by atoms with Crippen molar-refractivity contribution in [2.45, 2.75) is 24.7 Å². The molecule has 1 fully saturated rings. The maximum absolute atomic E-state index is 12.4. The summed E-state index contributed by atoms with van der Waals surface area (Å²) in [6.45, 7) is 1.27. The predicted molar refractivity (Wildman–Crippen MR) is 86.9 cm³/mol. The first-order valence-electron chi connectivity index (χ1n) is 7.83. The van der Waals surface area contributed by atoms with Crippen LogP contribution in [0.4, 0.5) is 0 Å². The molecule has 3 nitrogen and oxygen atoms in total. The summed E-state index contributed by atoms with van der Waals surface area (Å²) in [6.07, 6.45) is 2.71. The fourth-order valence-electron chi connectivity index (χ4n) is 2.68. The molecule has 3 rings (SSSR count). The SMILES string of the molecule is O=C(NCCCOc1ccccc1)C1(c2ccccc2)CC1. The van der Waals surface area contributed by atoms with Crippen LogP contribution in [0.2, 0.25) is 0 Å². The summed E-state index contributed by atoms with van der Waals surface area (Å²) in [4.78, 5) is 12.4. The van der Waals surface area contributed by atoms with E-state index in [1.807, 2.05) is 60.7 Å². The van der Waals surface area contributed by atoms with E-state index in [1.54, 1.807) is 0 Å². The molecular formula is C19H21NO2. The standard InChI is InChI=1S/C19H21NO2/c21-18(19(12-13-19)16-8-3-1-4-9-16)20-14-7-15-22-17-10-5-2-6-11-17/h1-6,8-11H,7,12-15H2,(H,20,21). The van der Waals surface area contributed by atoms with Gasteiger partial charge in [0.1, 0.15) is 5.75 Å². The minimum absolute atomic E-state index is 0.151. The molecule has 0 atom stereocenters. The van der Waals surface area contributed by atoms with Gasteiger partial charge in [-0.05, 0) is 37.0 Å². The van der Waals surface area contributed by atoms with Gasteiger partial charge >= 0.3 is 0 Å². The number of carbonyl (C=O) groups excluding carboxylic acids is 1. The van der Waals surface area contributed by atoms with Crippen LogP contribution in [0.1, 0.15) is 24.8 Å². The Hall–Kier alpha value is -2.29. The Morgan fingerprint density at radius 1 is 1.00 bits per heavy atom. The van der Waals surface area contributed by atoms with Crippen LogP contribution in [0.15, 0.2) is 60.7 Å². The largest absolute Gasteiger partial charge is 0.494 e. The van der Waals surface area contributed by atoms with Gasteiger partial charge in [0.15, 0.2) is 0 Å². The van der Waals surface area contributed by atoms with Crippen molar-refractivity contribution in [3.05, 3.63) is 66.2 Å². The molecule has 3 heteroatoms. The topological polar surface area (TPSA) is 38.3 Å². The number of ether oxygens (including phenoxy) is 1. The van der Waals surface area contributed by atoms with Gasteiger partial charge in [-0.1, -0.05) is 48.5 Å². The Bertz CT molecular complexity index is 606. The zero-order chi connectivity index (χ0) is 15.3. The average Bonchev–Trinajstić information content (AvgIpc) is 3.38. The quantitative estimate of drug-likeness (QED) is 0.796. The van der Waals surface area contributed by atoms with Crippen molar-refractivity contribution in [1.82, 2.24) is 5.32 Å². The molecule has 0 radical (unpaired) electrons. The molecule has 22 heavy (non-hydrogen) atoms. The predicted octanol–water partition coefficient (Wildman–Crippen LogP) is 3.30. The average molecular weight is 295 g/mol. The highest BCUT2D eigenvalue weighted by atomic mass is 16.5. The molecule has 0 saturated heterocycles. The van der Waals surface area contributed by atoms with Gasteiger partial charge in [-0.25, -0.2) is 0 Å². The van der Waals surface area contributed by atoms with E-state index in [0.717, 1.165) is 30.6 Å². The van der Waals surface area contributed by atoms with E-state index in [1.165, 1.54) is 0 Å². The third kappa shape index (κ3) is 3.30. The molecule has 1 aliphatic rings. The lowest BCUT2D eigenvalue weighted by molar-refractivity contribution is -0.123. The van der Waals surface area contributed by atoms with Gasteiger partial charge in [-0.3, -0.25) is 4.79 Å². The lowest BCUT2D eigenvalue weighted by Crippen LogP contribution is -2.35. The van der Waals surface area contributed by atoms with Crippen molar-refractivity contribution in [2.24, 2.45) is 0 Å².